The van der Waals surface area contributed by atoms with Crippen LogP contribution in [0.25, 0.3) is 0 Å². The zero-order chi connectivity index (χ0) is 15.5. The van der Waals surface area contributed by atoms with Gasteiger partial charge in [-0.3, -0.25) is 9.69 Å². The third-order valence-corrected chi connectivity index (χ3v) is 5.19. The lowest BCUT2D eigenvalue weighted by atomic mass is 9.78. The summed E-state index contributed by atoms with van der Waals surface area (Å²) in [5, 5.41) is 0. The van der Waals surface area contributed by atoms with Gasteiger partial charge in [0.25, 0.3) is 0 Å². The molecule has 0 aliphatic heterocycles. The third kappa shape index (κ3) is 3.98. The molecule has 0 spiro atoms. The number of rotatable bonds is 5. The molecule has 2 aliphatic carbocycles. The number of methoxy groups -OCH3 is 1. The molecular weight excluding hydrogens is 264 g/mol. The largest absolute Gasteiger partial charge is 0.468 e. The number of hydrogen-bond acceptors (Lipinski definition) is 4. The van der Waals surface area contributed by atoms with E-state index in [9.17, 15) is 4.79 Å². The molecule has 4 nitrogen and oxygen atoms in total. The highest BCUT2D eigenvalue weighted by molar-refractivity contribution is 5.80. The minimum Gasteiger partial charge on any atom is -0.468 e. The smallest absolute Gasteiger partial charge is 0.325 e. The minimum absolute atomic E-state index is 0.233. The summed E-state index contributed by atoms with van der Waals surface area (Å²) in [5.74, 6) is 0.418. The molecule has 21 heavy (non-hydrogen) atoms. The predicted molar refractivity (Wildman–Crippen MR) is 85.0 cm³/mol. The van der Waals surface area contributed by atoms with Crippen LogP contribution in [0.5, 0.6) is 0 Å². The van der Waals surface area contributed by atoms with Crippen molar-refractivity contribution in [2.75, 3.05) is 13.7 Å². The van der Waals surface area contributed by atoms with Crippen LogP contribution in [0.2, 0.25) is 0 Å². The normalized spacial score (nSPS) is 31.0. The van der Waals surface area contributed by atoms with E-state index in [4.69, 9.17) is 10.5 Å². The Kier molecular flexibility index (Phi) is 5.67. The van der Waals surface area contributed by atoms with Crippen LogP contribution in [0.3, 0.4) is 0 Å². The zero-order valence-electron chi connectivity index (χ0n) is 13.9. The van der Waals surface area contributed by atoms with Crippen LogP contribution in [0.15, 0.2) is 0 Å². The van der Waals surface area contributed by atoms with Crippen LogP contribution in [0, 0.1) is 5.92 Å². The fourth-order valence-corrected chi connectivity index (χ4v) is 4.20. The maximum atomic E-state index is 12.0. The lowest BCUT2D eigenvalue weighted by molar-refractivity contribution is -0.149. The van der Waals surface area contributed by atoms with E-state index in [0.29, 0.717) is 18.0 Å². The first kappa shape index (κ1) is 16.8. The average molecular weight is 296 g/mol. The maximum absolute atomic E-state index is 12.0. The molecule has 0 aromatic carbocycles. The monoisotopic (exact) mass is 296 g/mol. The van der Waals surface area contributed by atoms with Gasteiger partial charge < -0.3 is 10.5 Å². The van der Waals surface area contributed by atoms with E-state index in [1.54, 1.807) is 0 Å². The molecule has 0 heterocycles. The maximum Gasteiger partial charge on any atom is 0.325 e. The van der Waals surface area contributed by atoms with Gasteiger partial charge in [-0.1, -0.05) is 26.7 Å². The van der Waals surface area contributed by atoms with Gasteiger partial charge in [0, 0.05) is 18.6 Å². The number of hydrogen-bond donors (Lipinski definition) is 1. The van der Waals surface area contributed by atoms with E-state index < -0.39 is 5.54 Å². The Bertz CT molecular complexity index is 353. The Morgan fingerprint density at radius 1 is 1.24 bits per heavy atom. The van der Waals surface area contributed by atoms with E-state index in [-0.39, 0.29) is 5.97 Å². The van der Waals surface area contributed by atoms with E-state index in [2.05, 4.69) is 18.7 Å². The van der Waals surface area contributed by atoms with Crippen molar-refractivity contribution in [3.05, 3.63) is 0 Å². The van der Waals surface area contributed by atoms with Crippen LogP contribution in [-0.4, -0.2) is 42.1 Å². The molecule has 2 atom stereocenters. The van der Waals surface area contributed by atoms with Gasteiger partial charge in [-0.15, -0.1) is 0 Å². The molecule has 2 rings (SSSR count). The van der Waals surface area contributed by atoms with Crippen molar-refractivity contribution < 1.29 is 9.53 Å². The minimum atomic E-state index is -0.772. The number of nitrogens with zero attached hydrogens (tertiary/aromatic N) is 1. The molecule has 2 saturated carbocycles. The van der Waals surface area contributed by atoms with Crippen LogP contribution in [-0.2, 0) is 9.53 Å². The third-order valence-electron chi connectivity index (χ3n) is 5.19. The molecule has 2 N–H and O–H groups in total. The molecule has 0 saturated heterocycles. The van der Waals surface area contributed by atoms with Crippen molar-refractivity contribution >= 4 is 5.97 Å². The van der Waals surface area contributed by atoms with Crippen molar-refractivity contribution in [1.82, 2.24) is 4.90 Å². The van der Waals surface area contributed by atoms with E-state index in [1.165, 1.54) is 39.2 Å². The van der Waals surface area contributed by atoms with Crippen molar-refractivity contribution in [2.45, 2.75) is 82.8 Å². The Morgan fingerprint density at radius 3 is 2.43 bits per heavy atom. The van der Waals surface area contributed by atoms with Crippen molar-refractivity contribution in [3.63, 3.8) is 0 Å². The molecule has 122 valence electrons. The van der Waals surface area contributed by atoms with Crippen LogP contribution < -0.4 is 5.73 Å². The number of esters is 1. The summed E-state index contributed by atoms with van der Waals surface area (Å²) in [6, 6.07) is 1.13. The van der Waals surface area contributed by atoms with Crippen molar-refractivity contribution in [2.24, 2.45) is 11.7 Å². The van der Waals surface area contributed by atoms with Gasteiger partial charge in [0.05, 0.1) is 7.11 Å². The molecule has 2 aliphatic rings. The summed E-state index contributed by atoms with van der Waals surface area (Å²) in [6.45, 7) is 5.67. The molecule has 0 bridgehead atoms. The lowest BCUT2D eigenvalue weighted by Gasteiger charge is -2.44. The molecule has 0 radical (unpaired) electrons. The van der Waals surface area contributed by atoms with Gasteiger partial charge >= 0.3 is 5.97 Å². The van der Waals surface area contributed by atoms with Gasteiger partial charge in [-0.25, -0.2) is 0 Å². The first-order valence-electron chi connectivity index (χ1n) is 8.59. The zero-order valence-corrected chi connectivity index (χ0v) is 13.9. The number of carbonyl (C=O) groups is 1. The fraction of sp³-hybridized carbons (Fsp3) is 0.941. The number of carbonyl (C=O) groups excluding carboxylic acids is 1. The van der Waals surface area contributed by atoms with Gasteiger partial charge in [0.15, 0.2) is 0 Å². The topological polar surface area (TPSA) is 55.6 Å². The molecule has 2 unspecified atom stereocenters. The molecule has 0 amide bonds. The SMILES string of the molecule is COC(=O)C1(N)CCCC(N(CC(C)C)C2CCCC2)C1. The molecular formula is C17H32N2O2. The molecule has 2 fully saturated rings. The second-order valence-corrected chi connectivity index (χ2v) is 7.43. The summed E-state index contributed by atoms with van der Waals surface area (Å²) in [7, 11) is 1.45. The standard InChI is InChI=1S/C17H32N2O2/c1-13(2)12-19(14-7-4-5-8-14)15-9-6-10-17(18,11-15)16(20)21-3/h13-15H,4-12,18H2,1-3H3. The van der Waals surface area contributed by atoms with Crippen LogP contribution in [0.1, 0.15) is 65.2 Å². The highest BCUT2D eigenvalue weighted by Crippen LogP contribution is 2.35. The average Bonchev–Trinajstić information content (AvgIpc) is 2.97. The van der Waals surface area contributed by atoms with E-state index in [1.807, 2.05) is 0 Å². The summed E-state index contributed by atoms with van der Waals surface area (Å²) in [4.78, 5) is 14.7. The Morgan fingerprint density at radius 2 is 1.86 bits per heavy atom. The molecule has 0 aromatic heterocycles. The summed E-state index contributed by atoms with van der Waals surface area (Å²) < 4.78 is 4.94. The highest BCUT2D eigenvalue weighted by atomic mass is 16.5. The van der Waals surface area contributed by atoms with Crippen LogP contribution in [0.4, 0.5) is 0 Å². The Hall–Kier alpha value is -0.610. The predicted octanol–water partition coefficient (Wildman–Crippen LogP) is 2.70. The highest BCUT2D eigenvalue weighted by Gasteiger charge is 2.43. The first-order valence-corrected chi connectivity index (χ1v) is 8.59. The van der Waals surface area contributed by atoms with Gasteiger partial charge in [0.1, 0.15) is 5.54 Å². The Labute approximate surface area is 129 Å². The lowest BCUT2D eigenvalue weighted by Crippen LogP contribution is -2.57. The van der Waals surface area contributed by atoms with Gasteiger partial charge in [-0.2, -0.15) is 0 Å². The summed E-state index contributed by atoms with van der Waals surface area (Å²) >= 11 is 0. The van der Waals surface area contributed by atoms with Crippen LogP contribution >= 0.6 is 0 Å². The van der Waals surface area contributed by atoms with Crippen molar-refractivity contribution in [1.29, 1.82) is 0 Å². The summed E-state index contributed by atoms with van der Waals surface area (Å²) in [6.07, 6.45) is 9.00. The summed E-state index contributed by atoms with van der Waals surface area (Å²) in [5.41, 5.74) is 5.60. The van der Waals surface area contributed by atoms with E-state index in [0.717, 1.165) is 25.8 Å². The molecule has 0 aromatic rings. The van der Waals surface area contributed by atoms with Gasteiger partial charge in [0.2, 0.25) is 0 Å². The van der Waals surface area contributed by atoms with Crippen molar-refractivity contribution in [3.8, 4) is 0 Å². The fourth-order valence-electron chi connectivity index (χ4n) is 4.20. The second-order valence-electron chi connectivity index (χ2n) is 7.43. The number of nitrogens with two attached hydrogens (primary N) is 1. The quantitative estimate of drug-likeness (QED) is 0.793. The first-order chi connectivity index (χ1) is 9.96. The number of ether oxygens (including phenoxy) is 1. The van der Waals surface area contributed by atoms with Gasteiger partial charge in [-0.05, 0) is 44.4 Å². The Balaban J connectivity index is 2.09. The van der Waals surface area contributed by atoms with E-state index >= 15 is 0 Å². The molecule has 4 heteroatoms. The second kappa shape index (κ2) is 7.10.